The Morgan fingerprint density at radius 1 is 1.38 bits per heavy atom. The molecule has 2 aromatic rings. The van der Waals surface area contributed by atoms with Crippen molar-refractivity contribution in [3.05, 3.63) is 30.4 Å². The molecule has 0 radical (unpaired) electrons. The largest absolute Gasteiger partial charge is 0.347 e. The van der Waals surface area contributed by atoms with E-state index in [9.17, 15) is 4.79 Å². The topological polar surface area (TPSA) is 92.9 Å². The molecule has 1 saturated heterocycles. The van der Waals surface area contributed by atoms with Gasteiger partial charge in [0.25, 0.3) is 0 Å². The summed E-state index contributed by atoms with van der Waals surface area (Å²) in [6.07, 6.45) is 3.81. The van der Waals surface area contributed by atoms with Crippen molar-refractivity contribution in [2.24, 2.45) is 0 Å². The number of carbonyl (C=O) groups is 1. The summed E-state index contributed by atoms with van der Waals surface area (Å²) in [6.45, 7) is 1.21. The first-order valence-corrected chi connectivity index (χ1v) is 8.27. The third-order valence-corrected chi connectivity index (χ3v) is 4.40. The molecule has 1 fully saturated rings. The molecule has 0 aliphatic carbocycles. The first kappa shape index (κ1) is 20.7. The fourth-order valence-corrected chi connectivity index (χ4v) is 3.11. The Hall–Kier alpha value is -1.35. The first-order chi connectivity index (χ1) is 10.8. The minimum absolute atomic E-state index is 0. The number of hydrogen-bond donors (Lipinski definition) is 2. The Balaban J connectivity index is 0.00000144. The van der Waals surface area contributed by atoms with Crippen LogP contribution in [0.4, 0.5) is 0 Å². The zero-order valence-corrected chi connectivity index (χ0v) is 15.3. The van der Waals surface area contributed by atoms with Crippen LogP contribution in [0.2, 0.25) is 0 Å². The van der Waals surface area contributed by atoms with Crippen LogP contribution in [0.15, 0.2) is 29.0 Å². The number of carbonyl (C=O) groups excluding carboxylic acids is 1. The van der Waals surface area contributed by atoms with Gasteiger partial charge in [-0.1, -0.05) is 5.16 Å². The summed E-state index contributed by atoms with van der Waals surface area (Å²) in [4.78, 5) is 20.1. The molecule has 1 unspecified atom stereocenters. The van der Waals surface area contributed by atoms with Gasteiger partial charge in [-0.3, -0.25) is 9.78 Å². The van der Waals surface area contributed by atoms with Crippen LogP contribution in [0.5, 0.6) is 0 Å². The maximum Gasteiger partial charge on any atom is 0.246 e. The smallest absolute Gasteiger partial charge is 0.246 e. The predicted molar refractivity (Wildman–Crippen MR) is 97.6 cm³/mol. The van der Waals surface area contributed by atoms with Crippen molar-refractivity contribution < 1.29 is 9.32 Å². The Morgan fingerprint density at radius 2 is 2.17 bits per heavy atom. The van der Waals surface area contributed by atoms with Crippen LogP contribution in [0.1, 0.15) is 12.3 Å². The second kappa shape index (κ2) is 10.5. The lowest BCUT2D eigenvalue weighted by atomic mass is 10.2. The molecular weight excluding hydrogens is 373 g/mol. The summed E-state index contributed by atoms with van der Waals surface area (Å²) in [5.74, 6) is 2.96. The lowest BCUT2D eigenvalue weighted by Gasteiger charge is -2.22. The van der Waals surface area contributed by atoms with Crippen molar-refractivity contribution >= 4 is 42.5 Å². The molecule has 132 valence electrons. The lowest BCUT2D eigenvalue weighted by Crippen LogP contribution is -2.41. The van der Waals surface area contributed by atoms with Gasteiger partial charge in [0.05, 0.1) is 6.54 Å². The standard InChI is InChI=1S/C14H17N5O2S.2ClH/c20-12(7-11-9-22-6-5-16-11)17-8-13-18-14(19-21-13)10-1-3-15-4-2-10;;/h1-4,11,16H,5-9H2,(H,17,20);2*1H. The molecule has 3 heterocycles. The van der Waals surface area contributed by atoms with E-state index in [-0.39, 0.29) is 43.3 Å². The highest BCUT2D eigenvalue weighted by Crippen LogP contribution is 2.14. The van der Waals surface area contributed by atoms with Crippen LogP contribution in [0, 0.1) is 0 Å². The number of amides is 1. The van der Waals surface area contributed by atoms with Gasteiger partial charge in [0.1, 0.15) is 0 Å². The van der Waals surface area contributed by atoms with E-state index in [2.05, 4.69) is 25.8 Å². The van der Waals surface area contributed by atoms with Gasteiger partial charge in [-0.25, -0.2) is 0 Å². The van der Waals surface area contributed by atoms with Gasteiger partial charge in [-0.15, -0.1) is 24.8 Å². The van der Waals surface area contributed by atoms with E-state index in [1.54, 1.807) is 24.5 Å². The molecule has 1 aliphatic rings. The highest BCUT2D eigenvalue weighted by atomic mass is 35.5. The van der Waals surface area contributed by atoms with E-state index in [0.717, 1.165) is 23.6 Å². The van der Waals surface area contributed by atoms with Crippen molar-refractivity contribution in [2.45, 2.75) is 19.0 Å². The van der Waals surface area contributed by atoms with Crippen molar-refractivity contribution in [3.8, 4) is 11.4 Å². The van der Waals surface area contributed by atoms with E-state index < -0.39 is 0 Å². The summed E-state index contributed by atoms with van der Waals surface area (Å²) in [5, 5.41) is 10.0. The van der Waals surface area contributed by atoms with Gasteiger partial charge in [0.15, 0.2) is 0 Å². The number of nitrogens with one attached hydrogen (secondary N) is 2. The van der Waals surface area contributed by atoms with Crippen LogP contribution >= 0.6 is 36.6 Å². The Labute approximate surface area is 156 Å². The molecule has 10 heteroatoms. The van der Waals surface area contributed by atoms with Gasteiger partial charge in [-0.05, 0) is 12.1 Å². The third-order valence-electron chi connectivity index (χ3n) is 3.27. The molecule has 24 heavy (non-hydrogen) atoms. The number of thioether (sulfide) groups is 1. The summed E-state index contributed by atoms with van der Waals surface area (Å²) >= 11 is 1.87. The van der Waals surface area contributed by atoms with Gasteiger partial charge in [0, 0.05) is 48.5 Å². The quantitative estimate of drug-likeness (QED) is 0.800. The fraction of sp³-hybridized carbons (Fsp3) is 0.429. The molecule has 0 aromatic carbocycles. The van der Waals surface area contributed by atoms with Gasteiger partial charge < -0.3 is 15.2 Å². The van der Waals surface area contributed by atoms with Crippen LogP contribution in [0.25, 0.3) is 11.4 Å². The van der Waals surface area contributed by atoms with Crippen LogP contribution in [-0.2, 0) is 11.3 Å². The average Bonchev–Trinajstić information content (AvgIpc) is 3.04. The van der Waals surface area contributed by atoms with Crippen molar-refractivity contribution in [1.29, 1.82) is 0 Å². The Kier molecular flexibility index (Phi) is 9.05. The summed E-state index contributed by atoms with van der Waals surface area (Å²) in [7, 11) is 0. The van der Waals surface area contributed by atoms with E-state index >= 15 is 0 Å². The molecule has 0 spiro atoms. The van der Waals surface area contributed by atoms with Crippen molar-refractivity contribution in [1.82, 2.24) is 25.8 Å². The van der Waals surface area contributed by atoms with Gasteiger partial charge >= 0.3 is 0 Å². The number of halogens is 2. The zero-order chi connectivity index (χ0) is 15.2. The van der Waals surface area contributed by atoms with Crippen molar-refractivity contribution in [2.75, 3.05) is 18.1 Å². The Bertz CT molecular complexity index is 623. The van der Waals surface area contributed by atoms with Crippen LogP contribution < -0.4 is 10.6 Å². The summed E-state index contributed by atoms with van der Waals surface area (Å²) < 4.78 is 5.14. The second-order valence-electron chi connectivity index (χ2n) is 4.95. The molecule has 3 rings (SSSR count). The maximum absolute atomic E-state index is 11.9. The second-order valence-corrected chi connectivity index (χ2v) is 6.10. The number of hydrogen-bond acceptors (Lipinski definition) is 7. The number of pyridine rings is 1. The predicted octanol–water partition coefficient (Wildman–Crippen LogP) is 1.69. The fourth-order valence-electron chi connectivity index (χ4n) is 2.17. The highest BCUT2D eigenvalue weighted by molar-refractivity contribution is 7.99. The third kappa shape index (κ3) is 5.94. The molecule has 1 atom stereocenters. The van der Waals surface area contributed by atoms with Gasteiger partial charge in [-0.2, -0.15) is 16.7 Å². The molecular formula is C14H19Cl2N5O2S. The first-order valence-electron chi connectivity index (χ1n) is 7.12. The molecule has 1 amide bonds. The lowest BCUT2D eigenvalue weighted by molar-refractivity contribution is -0.121. The molecule has 0 saturated carbocycles. The van der Waals surface area contributed by atoms with Crippen molar-refractivity contribution in [3.63, 3.8) is 0 Å². The average molecular weight is 392 g/mol. The van der Waals surface area contributed by atoms with E-state index in [1.165, 1.54) is 0 Å². The maximum atomic E-state index is 11.9. The van der Waals surface area contributed by atoms with E-state index in [0.29, 0.717) is 18.1 Å². The minimum Gasteiger partial charge on any atom is -0.347 e. The SMILES string of the molecule is Cl.Cl.O=C(CC1CSCCN1)NCc1nc(-c2ccncc2)no1. The normalized spacial score (nSPS) is 16.6. The van der Waals surface area contributed by atoms with E-state index in [1.807, 2.05) is 11.8 Å². The molecule has 0 bridgehead atoms. The Morgan fingerprint density at radius 3 is 2.88 bits per heavy atom. The number of aromatic nitrogens is 3. The molecule has 7 nitrogen and oxygen atoms in total. The minimum atomic E-state index is -0.0105. The van der Waals surface area contributed by atoms with Crippen LogP contribution in [-0.4, -0.2) is 45.1 Å². The zero-order valence-electron chi connectivity index (χ0n) is 12.8. The molecule has 2 N–H and O–H groups in total. The van der Waals surface area contributed by atoms with E-state index in [4.69, 9.17) is 4.52 Å². The molecule has 2 aromatic heterocycles. The van der Waals surface area contributed by atoms with Gasteiger partial charge in [0.2, 0.25) is 17.6 Å². The number of nitrogens with zero attached hydrogens (tertiary/aromatic N) is 3. The van der Waals surface area contributed by atoms with Crippen LogP contribution in [0.3, 0.4) is 0 Å². The number of rotatable bonds is 5. The molecule has 1 aliphatic heterocycles. The summed E-state index contributed by atoms with van der Waals surface area (Å²) in [5.41, 5.74) is 0.833. The summed E-state index contributed by atoms with van der Waals surface area (Å²) in [6, 6.07) is 3.85. The monoisotopic (exact) mass is 391 g/mol. The highest BCUT2D eigenvalue weighted by Gasteiger charge is 2.17.